The van der Waals surface area contributed by atoms with Crippen LogP contribution in [-0.2, 0) is 7.05 Å². The van der Waals surface area contributed by atoms with Gasteiger partial charge in [-0.05, 0) is 30.3 Å². The van der Waals surface area contributed by atoms with Crippen LogP contribution in [0.15, 0.2) is 84.9 Å². The Bertz CT molecular complexity index is 1340. The van der Waals surface area contributed by atoms with Gasteiger partial charge in [-0.2, -0.15) is 5.10 Å². The number of rotatable bonds is 4. The molecule has 146 valence electrons. The molecule has 0 radical (unpaired) electrons. The van der Waals surface area contributed by atoms with Crippen molar-refractivity contribution in [1.82, 2.24) is 24.8 Å². The summed E-state index contributed by atoms with van der Waals surface area (Å²) >= 11 is 0. The molecular formula is C23H18N6O. The van der Waals surface area contributed by atoms with Crippen LogP contribution in [0, 0.1) is 0 Å². The summed E-state index contributed by atoms with van der Waals surface area (Å²) in [6, 6.07) is 26.8. The molecule has 0 aliphatic heterocycles. The van der Waals surface area contributed by atoms with E-state index in [1.165, 1.54) is 0 Å². The number of nitrogens with one attached hydrogen (secondary N) is 1. The Balaban J connectivity index is 1.53. The second-order valence-corrected chi connectivity index (χ2v) is 6.90. The number of amides is 1. The molecule has 0 aliphatic carbocycles. The Hall–Kier alpha value is -4.26. The van der Waals surface area contributed by atoms with Crippen molar-refractivity contribution in [3.63, 3.8) is 0 Å². The number of aromatic nitrogens is 5. The fourth-order valence-corrected chi connectivity index (χ4v) is 3.36. The minimum absolute atomic E-state index is 0.237. The van der Waals surface area contributed by atoms with Crippen molar-refractivity contribution >= 4 is 22.8 Å². The van der Waals surface area contributed by atoms with Gasteiger partial charge in [0, 0.05) is 24.2 Å². The number of para-hydroxylation sites is 1. The number of aryl methyl sites for hydroxylation is 1. The number of anilines is 1. The molecule has 1 N–H and O–H groups in total. The van der Waals surface area contributed by atoms with E-state index in [2.05, 4.69) is 15.6 Å². The number of carbonyl (C=O) groups excluding carboxylic acids is 1. The SMILES string of the molecule is Cn1nnc2cc(C(=O)Nc3cc(-c4ccccc4)nn3-c3ccccc3)ccc21. The first kappa shape index (κ1) is 17.8. The van der Waals surface area contributed by atoms with Gasteiger partial charge in [-0.25, -0.2) is 9.36 Å². The lowest BCUT2D eigenvalue weighted by Gasteiger charge is -2.09. The molecule has 0 aliphatic rings. The third-order valence-electron chi connectivity index (χ3n) is 4.89. The summed E-state index contributed by atoms with van der Waals surface area (Å²) in [5, 5.41) is 15.8. The summed E-state index contributed by atoms with van der Waals surface area (Å²) < 4.78 is 3.41. The molecular weight excluding hydrogens is 376 g/mol. The average Bonchev–Trinajstić information content (AvgIpc) is 3.38. The Labute approximate surface area is 172 Å². The Kier molecular flexibility index (Phi) is 4.33. The van der Waals surface area contributed by atoms with Crippen molar-refractivity contribution < 1.29 is 4.79 Å². The highest BCUT2D eigenvalue weighted by molar-refractivity contribution is 6.05. The fraction of sp³-hybridized carbons (Fsp3) is 0.0435. The molecule has 7 nitrogen and oxygen atoms in total. The van der Waals surface area contributed by atoms with Crippen LogP contribution in [0.25, 0.3) is 28.0 Å². The molecule has 0 atom stereocenters. The number of hydrogen-bond acceptors (Lipinski definition) is 4. The Morgan fingerprint density at radius 3 is 2.40 bits per heavy atom. The zero-order valence-electron chi connectivity index (χ0n) is 16.2. The molecule has 0 spiro atoms. The first-order valence-electron chi connectivity index (χ1n) is 9.51. The quantitative estimate of drug-likeness (QED) is 0.498. The summed E-state index contributed by atoms with van der Waals surface area (Å²) in [5.74, 6) is 0.351. The van der Waals surface area contributed by atoms with Gasteiger partial charge in [-0.1, -0.05) is 53.7 Å². The molecule has 0 bridgehead atoms. The van der Waals surface area contributed by atoms with Crippen LogP contribution >= 0.6 is 0 Å². The lowest BCUT2D eigenvalue weighted by atomic mass is 10.1. The molecule has 2 aromatic heterocycles. The zero-order chi connectivity index (χ0) is 20.5. The van der Waals surface area contributed by atoms with Crippen molar-refractivity contribution in [2.24, 2.45) is 7.05 Å². The topological polar surface area (TPSA) is 77.6 Å². The van der Waals surface area contributed by atoms with Gasteiger partial charge in [0.1, 0.15) is 11.3 Å². The third-order valence-corrected chi connectivity index (χ3v) is 4.89. The lowest BCUT2D eigenvalue weighted by molar-refractivity contribution is 0.102. The molecule has 3 aromatic carbocycles. The lowest BCUT2D eigenvalue weighted by Crippen LogP contribution is -2.15. The van der Waals surface area contributed by atoms with Crippen molar-refractivity contribution in [2.45, 2.75) is 0 Å². The maximum atomic E-state index is 13.0. The Morgan fingerprint density at radius 2 is 1.63 bits per heavy atom. The predicted molar refractivity (Wildman–Crippen MR) is 115 cm³/mol. The normalized spacial score (nSPS) is 11.0. The first-order valence-corrected chi connectivity index (χ1v) is 9.51. The molecule has 0 saturated carbocycles. The summed E-state index contributed by atoms with van der Waals surface area (Å²) in [6.45, 7) is 0. The largest absolute Gasteiger partial charge is 0.306 e. The summed E-state index contributed by atoms with van der Waals surface area (Å²) in [4.78, 5) is 13.0. The van der Waals surface area contributed by atoms with Gasteiger partial charge >= 0.3 is 0 Å². The minimum Gasteiger partial charge on any atom is -0.306 e. The van der Waals surface area contributed by atoms with E-state index in [-0.39, 0.29) is 5.91 Å². The molecule has 5 rings (SSSR count). The summed E-state index contributed by atoms with van der Waals surface area (Å²) in [5.41, 5.74) is 4.66. The number of fused-ring (bicyclic) bond motifs is 1. The monoisotopic (exact) mass is 394 g/mol. The van der Waals surface area contributed by atoms with E-state index in [0.717, 1.165) is 22.5 Å². The van der Waals surface area contributed by atoms with Gasteiger partial charge in [-0.15, -0.1) is 5.10 Å². The highest BCUT2D eigenvalue weighted by atomic mass is 16.1. The molecule has 0 unspecified atom stereocenters. The first-order chi connectivity index (χ1) is 14.7. The predicted octanol–water partition coefficient (Wildman–Crippen LogP) is 4.07. The van der Waals surface area contributed by atoms with E-state index in [1.807, 2.05) is 79.8 Å². The number of carbonyl (C=O) groups is 1. The van der Waals surface area contributed by atoms with Crippen LogP contribution in [0.3, 0.4) is 0 Å². The smallest absolute Gasteiger partial charge is 0.256 e. The van der Waals surface area contributed by atoms with Gasteiger partial charge in [-0.3, -0.25) is 4.79 Å². The number of benzene rings is 3. The van der Waals surface area contributed by atoms with E-state index in [9.17, 15) is 4.79 Å². The van der Waals surface area contributed by atoms with Crippen LogP contribution in [0.2, 0.25) is 0 Å². The van der Waals surface area contributed by atoms with Crippen LogP contribution < -0.4 is 5.32 Å². The van der Waals surface area contributed by atoms with Crippen LogP contribution in [0.5, 0.6) is 0 Å². The highest BCUT2D eigenvalue weighted by Gasteiger charge is 2.15. The Morgan fingerprint density at radius 1 is 0.900 bits per heavy atom. The molecule has 30 heavy (non-hydrogen) atoms. The van der Waals surface area contributed by atoms with Crippen LogP contribution in [0.1, 0.15) is 10.4 Å². The van der Waals surface area contributed by atoms with Gasteiger partial charge in [0.25, 0.3) is 5.91 Å². The highest BCUT2D eigenvalue weighted by Crippen LogP contribution is 2.25. The van der Waals surface area contributed by atoms with Crippen molar-refractivity contribution in [2.75, 3.05) is 5.32 Å². The third kappa shape index (κ3) is 3.22. The molecule has 1 amide bonds. The van der Waals surface area contributed by atoms with E-state index in [1.54, 1.807) is 21.5 Å². The summed E-state index contributed by atoms with van der Waals surface area (Å²) in [6.07, 6.45) is 0. The maximum absolute atomic E-state index is 13.0. The van der Waals surface area contributed by atoms with Gasteiger partial charge in [0.2, 0.25) is 0 Å². The standard InChI is InChI=1S/C23H18N6O/c1-28-21-13-12-17(14-20(21)25-27-28)23(30)24-22-15-19(16-8-4-2-5-9-16)26-29(22)18-10-6-3-7-11-18/h2-15H,1H3,(H,24,30). The summed E-state index contributed by atoms with van der Waals surface area (Å²) in [7, 11) is 1.82. The van der Waals surface area contributed by atoms with E-state index in [0.29, 0.717) is 16.9 Å². The molecule has 0 saturated heterocycles. The average molecular weight is 394 g/mol. The molecule has 2 heterocycles. The van der Waals surface area contributed by atoms with E-state index >= 15 is 0 Å². The van der Waals surface area contributed by atoms with Gasteiger partial charge < -0.3 is 5.32 Å². The van der Waals surface area contributed by atoms with E-state index < -0.39 is 0 Å². The van der Waals surface area contributed by atoms with Crippen molar-refractivity contribution in [3.05, 3.63) is 90.5 Å². The second kappa shape index (κ2) is 7.29. The van der Waals surface area contributed by atoms with Crippen molar-refractivity contribution in [1.29, 1.82) is 0 Å². The maximum Gasteiger partial charge on any atom is 0.256 e. The molecule has 0 fully saturated rings. The van der Waals surface area contributed by atoms with Gasteiger partial charge in [0.15, 0.2) is 0 Å². The fourth-order valence-electron chi connectivity index (χ4n) is 3.36. The molecule has 5 aromatic rings. The van der Waals surface area contributed by atoms with E-state index in [4.69, 9.17) is 5.10 Å². The number of hydrogen-bond donors (Lipinski definition) is 1. The zero-order valence-corrected chi connectivity index (χ0v) is 16.2. The van der Waals surface area contributed by atoms with Crippen molar-refractivity contribution in [3.8, 4) is 16.9 Å². The molecule has 7 heteroatoms. The second-order valence-electron chi connectivity index (χ2n) is 6.90. The van der Waals surface area contributed by atoms with Gasteiger partial charge in [0.05, 0.1) is 16.9 Å². The number of nitrogens with zero attached hydrogens (tertiary/aromatic N) is 5. The van der Waals surface area contributed by atoms with Crippen LogP contribution in [-0.4, -0.2) is 30.7 Å². The minimum atomic E-state index is -0.237. The van der Waals surface area contributed by atoms with Crippen LogP contribution in [0.4, 0.5) is 5.82 Å².